The van der Waals surface area contributed by atoms with Crippen molar-refractivity contribution in [3.05, 3.63) is 72.2 Å². The van der Waals surface area contributed by atoms with Gasteiger partial charge in [0.15, 0.2) is 0 Å². The highest BCUT2D eigenvalue weighted by atomic mass is 16.5. The van der Waals surface area contributed by atoms with E-state index in [1.54, 1.807) is 7.11 Å². The SMILES string of the molecule is CCOc1ccc(Nc2cnc(C(=O)NCc3ccc(OC)cc3)cn2)cc1. The van der Waals surface area contributed by atoms with Crippen LogP contribution in [0.2, 0.25) is 0 Å². The van der Waals surface area contributed by atoms with Gasteiger partial charge in [0.05, 0.1) is 26.1 Å². The Kier molecular flexibility index (Phi) is 6.41. The zero-order valence-electron chi connectivity index (χ0n) is 15.8. The van der Waals surface area contributed by atoms with E-state index in [4.69, 9.17) is 9.47 Å². The number of anilines is 2. The summed E-state index contributed by atoms with van der Waals surface area (Å²) in [6, 6.07) is 15.0. The quantitative estimate of drug-likeness (QED) is 0.623. The molecule has 3 aromatic rings. The van der Waals surface area contributed by atoms with Crippen molar-refractivity contribution >= 4 is 17.4 Å². The Bertz CT molecular complexity index is 894. The summed E-state index contributed by atoms with van der Waals surface area (Å²) in [6.45, 7) is 2.97. The van der Waals surface area contributed by atoms with E-state index in [0.29, 0.717) is 19.0 Å². The molecule has 3 rings (SSSR count). The van der Waals surface area contributed by atoms with Gasteiger partial charge < -0.3 is 20.1 Å². The first-order valence-corrected chi connectivity index (χ1v) is 8.91. The lowest BCUT2D eigenvalue weighted by Crippen LogP contribution is -2.24. The number of rotatable bonds is 8. The second-order valence-electron chi connectivity index (χ2n) is 5.90. The van der Waals surface area contributed by atoms with Crippen molar-refractivity contribution in [3.8, 4) is 11.5 Å². The molecule has 0 fully saturated rings. The van der Waals surface area contributed by atoms with Gasteiger partial charge in [0.25, 0.3) is 5.91 Å². The van der Waals surface area contributed by atoms with Crippen LogP contribution in [0.1, 0.15) is 23.0 Å². The highest BCUT2D eigenvalue weighted by molar-refractivity contribution is 5.92. The number of carbonyl (C=O) groups is 1. The Balaban J connectivity index is 1.54. The van der Waals surface area contributed by atoms with Crippen LogP contribution in [0.25, 0.3) is 0 Å². The molecular weight excluding hydrogens is 356 g/mol. The second-order valence-corrected chi connectivity index (χ2v) is 5.90. The number of nitrogens with zero attached hydrogens (tertiary/aromatic N) is 2. The smallest absolute Gasteiger partial charge is 0.271 e. The van der Waals surface area contributed by atoms with Gasteiger partial charge in [0.1, 0.15) is 23.0 Å². The summed E-state index contributed by atoms with van der Waals surface area (Å²) in [7, 11) is 1.61. The number of hydrogen-bond donors (Lipinski definition) is 2. The summed E-state index contributed by atoms with van der Waals surface area (Å²) < 4.78 is 10.5. The van der Waals surface area contributed by atoms with E-state index in [1.807, 2.05) is 55.5 Å². The highest BCUT2D eigenvalue weighted by Crippen LogP contribution is 2.18. The van der Waals surface area contributed by atoms with Crippen molar-refractivity contribution in [1.82, 2.24) is 15.3 Å². The van der Waals surface area contributed by atoms with Gasteiger partial charge in [0, 0.05) is 12.2 Å². The molecule has 7 heteroatoms. The third-order valence-electron chi connectivity index (χ3n) is 3.93. The number of hydrogen-bond acceptors (Lipinski definition) is 6. The number of benzene rings is 2. The van der Waals surface area contributed by atoms with E-state index in [9.17, 15) is 4.79 Å². The first-order chi connectivity index (χ1) is 13.7. The molecule has 28 heavy (non-hydrogen) atoms. The standard InChI is InChI=1S/C21H22N4O3/c1-3-28-18-10-6-16(7-11-18)25-20-14-22-19(13-23-20)21(26)24-12-15-4-8-17(27-2)9-5-15/h4-11,13-14H,3,12H2,1-2H3,(H,23,25)(H,24,26). The largest absolute Gasteiger partial charge is 0.497 e. The molecule has 1 heterocycles. The van der Waals surface area contributed by atoms with Gasteiger partial charge in [-0.2, -0.15) is 0 Å². The minimum absolute atomic E-state index is 0.255. The molecule has 0 unspecified atom stereocenters. The molecule has 0 aliphatic rings. The number of carbonyl (C=O) groups excluding carboxylic acids is 1. The van der Waals surface area contributed by atoms with Crippen LogP contribution in [0.4, 0.5) is 11.5 Å². The Labute approximate surface area is 163 Å². The fraction of sp³-hybridized carbons (Fsp3) is 0.190. The first kappa shape index (κ1) is 19.2. The molecule has 0 atom stereocenters. The van der Waals surface area contributed by atoms with E-state index in [-0.39, 0.29) is 11.6 Å². The normalized spacial score (nSPS) is 10.2. The molecule has 0 spiro atoms. The maximum atomic E-state index is 12.2. The lowest BCUT2D eigenvalue weighted by atomic mass is 10.2. The van der Waals surface area contributed by atoms with Crippen LogP contribution < -0.4 is 20.1 Å². The van der Waals surface area contributed by atoms with Crippen molar-refractivity contribution in [2.75, 3.05) is 19.0 Å². The van der Waals surface area contributed by atoms with E-state index < -0.39 is 0 Å². The minimum atomic E-state index is -0.282. The number of ether oxygens (including phenoxy) is 2. The highest BCUT2D eigenvalue weighted by Gasteiger charge is 2.08. The topological polar surface area (TPSA) is 85.4 Å². The predicted octanol–water partition coefficient (Wildman–Crippen LogP) is 3.56. The molecule has 2 N–H and O–H groups in total. The summed E-state index contributed by atoms with van der Waals surface area (Å²) in [5.41, 5.74) is 2.08. The lowest BCUT2D eigenvalue weighted by Gasteiger charge is -2.08. The monoisotopic (exact) mass is 378 g/mol. The van der Waals surface area contributed by atoms with Crippen molar-refractivity contribution < 1.29 is 14.3 Å². The lowest BCUT2D eigenvalue weighted by molar-refractivity contribution is 0.0945. The average Bonchev–Trinajstić information content (AvgIpc) is 2.74. The van der Waals surface area contributed by atoms with Crippen LogP contribution in [0.3, 0.4) is 0 Å². The molecule has 1 aromatic heterocycles. The van der Waals surface area contributed by atoms with Gasteiger partial charge in [-0.05, 0) is 48.9 Å². The number of methoxy groups -OCH3 is 1. The average molecular weight is 378 g/mol. The first-order valence-electron chi connectivity index (χ1n) is 8.91. The molecule has 0 bridgehead atoms. The van der Waals surface area contributed by atoms with Gasteiger partial charge in [0.2, 0.25) is 0 Å². The van der Waals surface area contributed by atoms with Crippen LogP contribution in [-0.4, -0.2) is 29.6 Å². The Hall–Kier alpha value is -3.61. The van der Waals surface area contributed by atoms with Crippen molar-refractivity contribution in [1.29, 1.82) is 0 Å². The molecule has 0 aliphatic heterocycles. The Morgan fingerprint density at radius 1 is 0.964 bits per heavy atom. The van der Waals surface area contributed by atoms with Crippen LogP contribution in [-0.2, 0) is 6.54 Å². The zero-order chi connectivity index (χ0) is 19.8. The van der Waals surface area contributed by atoms with Gasteiger partial charge in [-0.25, -0.2) is 9.97 Å². The van der Waals surface area contributed by atoms with Crippen LogP contribution in [0.5, 0.6) is 11.5 Å². The molecule has 7 nitrogen and oxygen atoms in total. The van der Waals surface area contributed by atoms with Crippen molar-refractivity contribution in [2.45, 2.75) is 13.5 Å². The number of amides is 1. The maximum Gasteiger partial charge on any atom is 0.271 e. The molecule has 2 aromatic carbocycles. The van der Waals surface area contributed by atoms with E-state index in [1.165, 1.54) is 12.4 Å². The molecule has 0 saturated heterocycles. The van der Waals surface area contributed by atoms with Crippen LogP contribution in [0, 0.1) is 0 Å². The molecule has 144 valence electrons. The number of nitrogens with one attached hydrogen (secondary N) is 2. The molecule has 1 amide bonds. The van der Waals surface area contributed by atoms with Crippen molar-refractivity contribution in [2.24, 2.45) is 0 Å². The Morgan fingerprint density at radius 2 is 1.68 bits per heavy atom. The number of aromatic nitrogens is 2. The summed E-state index contributed by atoms with van der Waals surface area (Å²) in [5, 5.41) is 5.96. The third-order valence-corrected chi connectivity index (χ3v) is 3.93. The Morgan fingerprint density at radius 3 is 2.29 bits per heavy atom. The van der Waals surface area contributed by atoms with Gasteiger partial charge in [-0.3, -0.25) is 4.79 Å². The molecular formula is C21H22N4O3. The van der Waals surface area contributed by atoms with Gasteiger partial charge in [-0.1, -0.05) is 12.1 Å². The maximum absolute atomic E-state index is 12.2. The van der Waals surface area contributed by atoms with Gasteiger partial charge in [-0.15, -0.1) is 0 Å². The summed E-state index contributed by atoms with van der Waals surface area (Å²) in [6.07, 6.45) is 2.97. The summed E-state index contributed by atoms with van der Waals surface area (Å²) in [5.74, 6) is 1.85. The molecule has 0 saturated carbocycles. The predicted molar refractivity (Wildman–Crippen MR) is 107 cm³/mol. The second kappa shape index (κ2) is 9.36. The fourth-order valence-electron chi connectivity index (χ4n) is 2.48. The third kappa shape index (κ3) is 5.20. The molecule has 0 aliphatic carbocycles. The summed E-state index contributed by atoms with van der Waals surface area (Å²) >= 11 is 0. The minimum Gasteiger partial charge on any atom is -0.497 e. The van der Waals surface area contributed by atoms with Crippen molar-refractivity contribution in [3.63, 3.8) is 0 Å². The fourth-order valence-corrected chi connectivity index (χ4v) is 2.48. The van der Waals surface area contributed by atoms with Gasteiger partial charge >= 0.3 is 0 Å². The summed E-state index contributed by atoms with van der Waals surface area (Å²) in [4.78, 5) is 20.7. The molecule has 0 radical (unpaired) electrons. The van der Waals surface area contributed by atoms with E-state index >= 15 is 0 Å². The van der Waals surface area contributed by atoms with E-state index in [0.717, 1.165) is 22.7 Å². The zero-order valence-corrected chi connectivity index (χ0v) is 15.8. The van der Waals surface area contributed by atoms with E-state index in [2.05, 4.69) is 20.6 Å². The van der Waals surface area contributed by atoms with Crippen LogP contribution in [0.15, 0.2) is 60.9 Å². The van der Waals surface area contributed by atoms with Crippen LogP contribution >= 0.6 is 0 Å².